The van der Waals surface area contributed by atoms with Gasteiger partial charge < -0.3 is 4.57 Å². The van der Waals surface area contributed by atoms with Crippen LogP contribution in [0, 0.1) is 0 Å². The molecule has 1 aliphatic heterocycles. The minimum atomic E-state index is -2.38. The predicted octanol–water partition coefficient (Wildman–Crippen LogP) is 3.72. The zero-order valence-corrected chi connectivity index (χ0v) is 10.1. The van der Waals surface area contributed by atoms with Gasteiger partial charge in [0.15, 0.2) is 0 Å². The van der Waals surface area contributed by atoms with E-state index in [1.807, 2.05) is 37.3 Å². The second-order valence-electron chi connectivity index (χ2n) is 3.73. The molecular formula is C12H12ClOP. The molecule has 1 heterocycles. The largest absolute Gasteiger partial charge is 0.314 e. The fraction of sp³-hybridized carbons (Fsp3) is 0.167. The molecule has 3 heteroatoms. The Morgan fingerprint density at radius 2 is 1.93 bits per heavy atom. The average Bonchev–Trinajstić information content (AvgIpc) is 2.26. The van der Waals surface area contributed by atoms with E-state index >= 15 is 0 Å². The Morgan fingerprint density at radius 3 is 2.53 bits per heavy atom. The molecule has 1 aromatic carbocycles. The Kier molecular flexibility index (Phi) is 2.86. The van der Waals surface area contributed by atoms with Crippen LogP contribution >= 0.6 is 18.7 Å². The molecule has 0 aliphatic carbocycles. The quantitative estimate of drug-likeness (QED) is 0.682. The van der Waals surface area contributed by atoms with Gasteiger partial charge in [0.05, 0.1) is 0 Å². The van der Waals surface area contributed by atoms with Crippen molar-refractivity contribution in [2.45, 2.75) is 6.92 Å². The average molecular weight is 239 g/mol. The fourth-order valence-electron chi connectivity index (χ4n) is 1.67. The number of hydrogen-bond donors (Lipinski definition) is 0. The number of benzene rings is 1. The normalized spacial score (nSPS) is 25.7. The van der Waals surface area contributed by atoms with Gasteiger partial charge in [-0.3, -0.25) is 0 Å². The zero-order chi connectivity index (χ0) is 10.9. The monoisotopic (exact) mass is 238 g/mol. The third kappa shape index (κ3) is 2.09. The first-order valence-electron chi connectivity index (χ1n) is 4.81. The molecule has 0 spiro atoms. The number of allylic oxidation sites excluding steroid dienone is 3. The number of rotatable bonds is 1. The first-order chi connectivity index (χ1) is 7.12. The van der Waals surface area contributed by atoms with E-state index in [1.54, 1.807) is 11.9 Å². The van der Waals surface area contributed by atoms with E-state index in [9.17, 15) is 4.57 Å². The number of hydrogen-bond acceptors (Lipinski definition) is 1. The molecular weight excluding hydrogens is 227 g/mol. The fourth-order valence-corrected chi connectivity index (χ4v) is 4.38. The molecule has 0 saturated heterocycles. The van der Waals surface area contributed by atoms with Gasteiger partial charge in [-0.1, -0.05) is 41.9 Å². The van der Waals surface area contributed by atoms with E-state index in [-0.39, 0.29) is 0 Å². The van der Waals surface area contributed by atoms with Crippen LogP contribution in [-0.2, 0) is 4.57 Å². The number of halogens is 1. The van der Waals surface area contributed by atoms with Crippen molar-refractivity contribution in [1.29, 1.82) is 0 Å². The summed E-state index contributed by atoms with van der Waals surface area (Å²) in [7, 11) is -2.38. The van der Waals surface area contributed by atoms with Crippen LogP contribution in [0.15, 0.2) is 52.8 Å². The molecule has 0 aromatic heterocycles. The molecule has 1 atom stereocenters. The molecule has 0 bridgehead atoms. The lowest BCUT2D eigenvalue weighted by atomic mass is 10.3. The lowest BCUT2D eigenvalue weighted by Crippen LogP contribution is -2.08. The summed E-state index contributed by atoms with van der Waals surface area (Å²) in [6, 6.07) is 9.59. The van der Waals surface area contributed by atoms with E-state index < -0.39 is 7.14 Å². The summed E-state index contributed by atoms with van der Waals surface area (Å²) in [6.07, 6.45) is 2.32. The van der Waals surface area contributed by atoms with Crippen molar-refractivity contribution in [2.75, 3.05) is 6.16 Å². The van der Waals surface area contributed by atoms with Gasteiger partial charge in [0.2, 0.25) is 0 Å². The summed E-state index contributed by atoms with van der Waals surface area (Å²) >= 11 is 5.95. The summed E-state index contributed by atoms with van der Waals surface area (Å²) in [6.45, 7) is 1.93. The van der Waals surface area contributed by atoms with Crippen molar-refractivity contribution in [3.05, 3.63) is 52.8 Å². The van der Waals surface area contributed by atoms with Crippen molar-refractivity contribution in [3.8, 4) is 0 Å². The van der Waals surface area contributed by atoms with E-state index in [2.05, 4.69) is 0 Å². The minimum absolute atomic E-state index is 0.562. The van der Waals surface area contributed by atoms with Gasteiger partial charge in [0.1, 0.15) is 7.14 Å². The third-order valence-electron chi connectivity index (χ3n) is 2.53. The maximum absolute atomic E-state index is 12.6. The van der Waals surface area contributed by atoms with Gasteiger partial charge in [0.25, 0.3) is 0 Å². The Hall–Kier alpha value is -0.780. The topological polar surface area (TPSA) is 17.1 Å². The highest BCUT2D eigenvalue weighted by Gasteiger charge is 2.25. The molecule has 2 rings (SSSR count). The van der Waals surface area contributed by atoms with Gasteiger partial charge in [-0.15, -0.1) is 0 Å². The van der Waals surface area contributed by atoms with Crippen LogP contribution in [0.1, 0.15) is 6.92 Å². The van der Waals surface area contributed by atoms with Crippen LogP contribution in [-0.4, -0.2) is 6.16 Å². The maximum atomic E-state index is 12.6. The van der Waals surface area contributed by atoms with Gasteiger partial charge >= 0.3 is 0 Å². The highest BCUT2D eigenvalue weighted by Crippen LogP contribution is 2.51. The van der Waals surface area contributed by atoms with Crippen LogP contribution in [0.25, 0.3) is 0 Å². The first kappa shape index (κ1) is 10.7. The van der Waals surface area contributed by atoms with E-state index in [0.717, 1.165) is 15.9 Å². The van der Waals surface area contributed by atoms with E-state index in [0.29, 0.717) is 6.16 Å². The van der Waals surface area contributed by atoms with Crippen molar-refractivity contribution in [2.24, 2.45) is 0 Å². The minimum Gasteiger partial charge on any atom is -0.314 e. The molecule has 0 unspecified atom stereocenters. The van der Waals surface area contributed by atoms with Crippen LogP contribution in [0.3, 0.4) is 0 Å². The van der Waals surface area contributed by atoms with Crippen molar-refractivity contribution in [3.63, 3.8) is 0 Å². The second kappa shape index (κ2) is 4.00. The Morgan fingerprint density at radius 1 is 1.27 bits per heavy atom. The standard InChI is InChI=1S/C12H12ClOP/c1-10-9-15(14,8-7-12(10)13)11-5-3-2-4-6-11/h2-8H,9H2,1H3/t15-/m1/s1. The summed E-state index contributed by atoms with van der Waals surface area (Å²) in [5, 5.41) is 1.63. The molecule has 0 N–H and O–H groups in total. The SMILES string of the molecule is CC1=C(Cl)C=C[P@](=O)(c2ccccc2)C1. The molecule has 1 nitrogen and oxygen atoms in total. The molecule has 1 aliphatic rings. The lowest BCUT2D eigenvalue weighted by Gasteiger charge is -2.19. The molecule has 78 valence electrons. The van der Waals surface area contributed by atoms with Crippen LogP contribution < -0.4 is 5.30 Å². The Labute approximate surface area is 94.8 Å². The Balaban J connectivity index is 2.41. The van der Waals surface area contributed by atoms with E-state index in [1.165, 1.54) is 0 Å². The Bertz CT molecular complexity index is 474. The third-order valence-corrected chi connectivity index (χ3v) is 5.73. The van der Waals surface area contributed by atoms with Gasteiger partial charge in [-0.2, -0.15) is 0 Å². The van der Waals surface area contributed by atoms with Crippen LogP contribution in [0.5, 0.6) is 0 Å². The molecule has 0 saturated carbocycles. The first-order valence-corrected chi connectivity index (χ1v) is 7.15. The maximum Gasteiger partial charge on any atom is 0.140 e. The molecule has 0 radical (unpaired) electrons. The lowest BCUT2D eigenvalue weighted by molar-refractivity contribution is 0.587. The van der Waals surface area contributed by atoms with Gasteiger partial charge in [-0.05, 0) is 24.4 Å². The van der Waals surface area contributed by atoms with Gasteiger partial charge in [0, 0.05) is 16.5 Å². The van der Waals surface area contributed by atoms with Crippen LogP contribution in [0.2, 0.25) is 0 Å². The second-order valence-corrected chi connectivity index (χ2v) is 6.86. The summed E-state index contributed by atoms with van der Waals surface area (Å²) < 4.78 is 12.6. The van der Waals surface area contributed by atoms with Crippen molar-refractivity contribution < 1.29 is 4.57 Å². The summed E-state index contributed by atoms with van der Waals surface area (Å²) in [5.41, 5.74) is 1.01. The van der Waals surface area contributed by atoms with Gasteiger partial charge in [-0.25, -0.2) is 0 Å². The highest BCUT2D eigenvalue weighted by molar-refractivity contribution is 7.74. The molecule has 1 aromatic rings. The van der Waals surface area contributed by atoms with Crippen molar-refractivity contribution in [1.82, 2.24) is 0 Å². The smallest absolute Gasteiger partial charge is 0.140 e. The van der Waals surface area contributed by atoms with E-state index in [4.69, 9.17) is 11.6 Å². The summed E-state index contributed by atoms with van der Waals surface area (Å²) in [5.74, 6) is 1.76. The molecule has 15 heavy (non-hydrogen) atoms. The summed E-state index contributed by atoms with van der Waals surface area (Å²) in [4.78, 5) is 0. The van der Waals surface area contributed by atoms with Crippen molar-refractivity contribution >= 4 is 24.0 Å². The molecule has 0 amide bonds. The molecule has 0 fully saturated rings. The predicted molar refractivity (Wildman–Crippen MR) is 66.2 cm³/mol. The zero-order valence-electron chi connectivity index (χ0n) is 8.48. The highest BCUT2D eigenvalue weighted by atomic mass is 35.5. The van der Waals surface area contributed by atoms with Crippen LogP contribution in [0.4, 0.5) is 0 Å².